The van der Waals surface area contributed by atoms with E-state index in [2.05, 4.69) is 111 Å². The molecule has 0 amide bonds. The van der Waals surface area contributed by atoms with Crippen LogP contribution in [-0.4, -0.2) is 0 Å². The van der Waals surface area contributed by atoms with Gasteiger partial charge in [0, 0.05) is 11.4 Å². The van der Waals surface area contributed by atoms with Crippen molar-refractivity contribution < 1.29 is 9.47 Å². The number of aryl methyl sites for hydroxylation is 2. The smallest absolute Gasteiger partial charge is 0.130 e. The van der Waals surface area contributed by atoms with Crippen LogP contribution in [0.5, 0.6) is 23.0 Å². The molecule has 4 nitrogen and oxygen atoms in total. The van der Waals surface area contributed by atoms with Gasteiger partial charge in [0.05, 0.1) is 5.41 Å². The van der Waals surface area contributed by atoms with E-state index in [9.17, 15) is 0 Å². The van der Waals surface area contributed by atoms with E-state index in [1.807, 2.05) is 36.4 Å². The largest absolute Gasteiger partial charge is 0.457 e. The molecule has 0 unspecified atom stereocenters. The van der Waals surface area contributed by atoms with Crippen LogP contribution < -0.4 is 20.9 Å². The maximum Gasteiger partial charge on any atom is 0.130 e. The van der Waals surface area contributed by atoms with Crippen molar-refractivity contribution in [2.24, 2.45) is 0 Å². The zero-order chi connectivity index (χ0) is 31.0. The standard InChI is InChI=1S/C41H36N2O2/c1-3-27-25-31(42)17-23-39(27)44-33-19-13-29(14-20-33)41(37-11-7-5-9-35(37)36-10-6-8-12-38(36)41)30-15-21-34(22-16-30)45-40-24-18-32(43)26-28(40)4-2/h5-26H,3-4,42-43H2,1-2H3. The molecular weight excluding hydrogens is 552 g/mol. The topological polar surface area (TPSA) is 70.5 Å². The molecule has 1 aliphatic carbocycles. The average Bonchev–Trinajstić information content (AvgIpc) is 3.38. The second-order valence-electron chi connectivity index (χ2n) is 11.5. The zero-order valence-electron chi connectivity index (χ0n) is 25.6. The van der Waals surface area contributed by atoms with Gasteiger partial charge >= 0.3 is 0 Å². The predicted octanol–water partition coefficient (Wildman–Crippen LogP) is 9.92. The van der Waals surface area contributed by atoms with Gasteiger partial charge in [-0.3, -0.25) is 0 Å². The molecule has 4 N–H and O–H groups in total. The van der Waals surface area contributed by atoms with Gasteiger partial charge in [-0.25, -0.2) is 0 Å². The number of hydrogen-bond acceptors (Lipinski definition) is 4. The normalized spacial score (nSPS) is 12.8. The summed E-state index contributed by atoms with van der Waals surface area (Å²) in [6, 6.07) is 46.2. The molecule has 0 heterocycles. The minimum absolute atomic E-state index is 0.518. The Morgan fingerprint density at radius 3 is 1.29 bits per heavy atom. The van der Waals surface area contributed by atoms with Gasteiger partial charge in [-0.2, -0.15) is 0 Å². The average molecular weight is 589 g/mol. The molecule has 0 spiro atoms. The lowest BCUT2D eigenvalue weighted by Gasteiger charge is -2.34. The van der Waals surface area contributed by atoms with Crippen molar-refractivity contribution in [2.45, 2.75) is 32.1 Å². The summed E-state index contributed by atoms with van der Waals surface area (Å²) >= 11 is 0. The van der Waals surface area contributed by atoms with Crippen LogP contribution in [0, 0.1) is 0 Å². The molecule has 6 aromatic rings. The molecule has 222 valence electrons. The molecule has 0 radical (unpaired) electrons. The first-order valence-electron chi connectivity index (χ1n) is 15.5. The molecule has 0 fully saturated rings. The second kappa shape index (κ2) is 11.5. The Morgan fingerprint density at radius 1 is 0.489 bits per heavy atom. The summed E-state index contributed by atoms with van der Waals surface area (Å²) in [7, 11) is 0. The fraction of sp³-hybridized carbons (Fsp3) is 0.122. The first kappa shape index (κ1) is 28.3. The van der Waals surface area contributed by atoms with Crippen LogP contribution in [0.3, 0.4) is 0 Å². The highest BCUT2D eigenvalue weighted by Crippen LogP contribution is 2.56. The number of rotatable bonds is 8. The van der Waals surface area contributed by atoms with Crippen molar-refractivity contribution in [3.8, 4) is 34.1 Å². The van der Waals surface area contributed by atoms with Crippen molar-refractivity contribution >= 4 is 11.4 Å². The number of anilines is 2. The third-order valence-corrected chi connectivity index (χ3v) is 8.91. The van der Waals surface area contributed by atoms with Gasteiger partial charge in [-0.05, 0) is 118 Å². The number of fused-ring (bicyclic) bond motifs is 3. The Bertz CT molecular complexity index is 1850. The van der Waals surface area contributed by atoms with Gasteiger partial charge in [0.15, 0.2) is 0 Å². The van der Waals surface area contributed by atoms with Crippen LogP contribution in [0.4, 0.5) is 11.4 Å². The summed E-state index contributed by atoms with van der Waals surface area (Å²) in [5, 5.41) is 0. The van der Waals surface area contributed by atoms with E-state index in [-0.39, 0.29) is 0 Å². The van der Waals surface area contributed by atoms with Crippen LogP contribution >= 0.6 is 0 Å². The first-order chi connectivity index (χ1) is 22.0. The SMILES string of the molecule is CCc1cc(N)ccc1Oc1ccc(C2(c3ccc(Oc4ccc(N)cc4CC)cc3)c3ccccc3-c3ccccc32)cc1. The minimum Gasteiger partial charge on any atom is -0.457 e. The van der Waals surface area contributed by atoms with Gasteiger partial charge < -0.3 is 20.9 Å². The monoisotopic (exact) mass is 588 g/mol. The van der Waals surface area contributed by atoms with Crippen molar-refractivity contribution in [1.29, 1.82) is 0 Å². The van der Waals surface area contributed by atoms with Crippen molar-refractivity contribution in [1.82, 2.24) is 0 Å². The zero-order valence-corrected chi connectivity index (χ0v) is 25.6. The molecule has 0 atom stereocenters. The summed E-state index contributed by atoms with van der Waals surface area (Å²) in [5.74, 6) is 3.22. The molecule has 4 heteroatoms. The molecule has 0 aromatic heterocycles. The van der Waals surface area contributed by atoms with Crippen LogP contribution in [0.1, 0.15) is 47.2 Å². The summed E-state index contributed by atoms with van der Waals surface area (Å²) in [6.45, 7) is 4.22. The highest BCUT2D eigenvalue weighted by atomic mass is 16.5. The lowest BCUT2D eigenvalue weighted by atomic mass is 9.68. The second-order valence-corrected chi connectivity index (χ2v) is 11.5. The molecule has 0 aliphatic heterocycles. The highest BCUT2D eigenvalue weighted by molar-refractivity contribution is 5.86. The van der Waals surface area contributed by atoms with Crippen LogP contribution in [0.2, 0.25) is 0 Å². The molecule has 6 aromatic carbocycles. The Hall–Kier alpha value is -5.48. The van der Waals surface area contributed by atoms with E-state index < -0.39 is 5.41 Å². The molecule has 0 bridgehead atoms. The first-order valence-corrected chi connectivity index (χ1v) is 15.5. The molecule has 7 rings (SSSR count). The van der Waals surface area contributed by atoms with E-state index in [1.165, 1.54) is 33.4 Å². The highest BCUT2D eigenvalue weighted by Gasteiger charge is 2.45. The Morgan fingerprint density at radius 2 is 0.889 bits per heavy atom. The van der Waals surface area contributed by atoms with Gasteiger partial charge in [0.1, 0.15) is 23.0 Å². The summed E-state index contributed by atoms with van der Waals surface area (Å²) in [4.78, 5) is 0. The molecule has 1 aliphatic rings. The molecule has 45 heavy (non-hydrogen) atoms. The quantitative estimate of drug-likeness (QED) is 0.173. The van der Waals surface area contributed by atoms with E-state index >= 15 is 0 Å². The fourth-order valence-electron chi connectivity index (χ4n) is 6.77. The Labute approximate surface area is 264 Å². The summed E-state index contributed by atoms with van der Waals surface area (Å²) < 4.78 is 12.7. The third kappa shape index (κ3) is 4.89. The van der Waals surface area contributed by atoms with E-state index in [4.69, 9.17) is 20.9 Å². The van der Waals surface area contributed by atoms with Gasteiger partial charge in [0.2, 0.25) is 0 Å². The Balaban J connectivity index is 1.33. The van der Waals surface area contributed by atoms with E-state index in [1.54, 1.807) is 0 Å². The number of benzene rings is 6. The number of nitrogens with two attached hydrogens (primary N) is 2. The van der Waals surface area contributed by atoms with Crippen molar-refractivity contribution in [3.63, 3.8) is 0 Å². The molecule has 0 saturated heterocycles. The van der Waals surface area contributed by atoms with Crippen LogP contribution in [-0.2, 0) is 18.3 Å². The fourth-order valence-corrected chi connectivity index (χ4v) is 6.77. The maximum atomic E-state index is 6.37. The van der Waals surface area contributed by atoms with Crippen LogP contribution in [0.15, 0.2) is 133 Å². The van der Waals surface area contributed by atoms with Gasteiger partial charge in [0.25, 0.3) is 0 Å². The predicted molar refractivity (Wildman–Crippen MR) is 184 cm³/mol. The number of nitrogen functional groups attached to an aromatic ring is 2. The van der Waals surface area contributed by atoms with Gasteiger partial charge in [-0.1, -0.05) is 86.6 Å². The van der Waals surface area contributed by atoms with Crippen LogP contribution in [0.25, 0.3) is 11.1 Å². The van der Waals surface area contributed by atoms with E-state index in [0.717, 1.165) is 58.3 Å². The van der Waals surface area contributed by atoms with E-state index in [0.29, 0.717) is 0 Å². The summed E-state index contributed by atoms with van der Waals surface area (Å²) in [6.07, 6.45) is 1.68. The lowest BCUT2D eigenvalue weighted by Crippen LogP contribution is -2.28. The number of ether oxygens (including phenoxy) is 2. The third-order valence-electron chi connectivity index (χ3n) is 8.91. The molecule has 0 saturated carbocycles. The minimum atomic E-state index is -0.518. The number of hydrogen-bond donors (Lipinski definition) is 2. The lowest BCUT2D eigenvalue weighted by molar-refractivity contribution is 0.476. The summed E-state index contributed by atoms with van der Waals surface area (Å²) in [5.41, 5.74) is 22.5. The maximum absolute atomic E-state index is 6.37. The van der Waals surface area contributed by atoms with Crippen molar-refractivity contribution in [3.05, 3.63) is 167 Å². The Kier molecular flexibility index (Phi) is 7.26. The van der Waals surface area contributed by atoms with Crippen molar-refractivity contribution in [2.75, 3.05) is 11.5 Å². The molecular formula is C41H36N2O2. The van der Waals surface area contributed by atoms with Gasteiger partial charge in [-0.15, -0.1) is 0 Å².